The summed E-state index contributed by atoms with van der Waals surface area (Å²) >= 11 is 0. The van der Waals surface area contributed by atoms with Gasteiger partial charge in [-0.25, -0.2) is 0 Å². The Balaban J connectivity index is 3.34. The molecule has 0 aliphatic heterocycles. The van der Waals surface area contributed by atoms with Crippen LogP contribution in [0.5, 0.6) is 11.5 Å². The Morgan fingerprint density at radius 2 is 1.88 bits per heavy atom. The largest absolute Gasteiger partial charge is 0.493 e. The summed E-state index contributed by atoms with van der Waals surface area (Å²) in [6.07, 6.45) is 0.574. The summed E-state index contributed by atoms with van der Waals surface area (Å²) in [5.74, 6) is 0.633. The minimum absolute atomic E-state index is 0.0311. The van der Waals surface area contributed by atoms with Crippen LogP contribution in [0.1, 0.15) is 5.56 Å². The minimum atomic E-state index is -0.555. The average molecular weight is 225 g/mol. The van der Waals surface area contributed by atoms with E-state index in [1.165, 1.54) is 26.4 Å². The third kappa shape index (κ3) is 2.28. The molecule has 86 valence electrons. The number of hydrogen-bond donors (Lipinski definition) is 0. The van der Waals surface area contributed by atoms with Crippen LogP contribution in [0, 0.1) is 10.1 Å². The summed E-state index contributed by atoms with van der Waals surface area (Å²) in [5, 5.41) is 10.8. The molecule has 0 aliphatic rings. The zero-order valence-electron chi connectivity index (χ0n) is 8.93. The Labute approximate surface area is 91.9 Å². The Morgan fingerprint density at radius 3 is 2.31 bits per heavy atom. The molecule has 0 unspecified atom stereocenters. The zero-order chi connectivity index (χ0) is 12.1. The van der Waals surface area contributed by atoms with Gasteiger partial charge in [0.25, 0.3) is 5.69 Å². The fourth-order valence-electron chi connectivity index (χ4n) is 1.33. The number of nitro groups is 1. The Kier molecular flexibility index (Phi) is 3.82. The van der Waals surface area contributed by atoms with E-state index in [0.29, 0.717) is 17.6 Å². The second kappa shape index (κ2) is 5.11. The Hall–Kier alpha value is -2.11. The molecule has 0 heterocycles. The van der Waals surface area contributed by atoms with Crippen molar-refractivity contribution < 1.29 is 19.2 Å². The molecule has 6 nitrogen and oxygen atoms in total. The van der Waals surface area contributed by atoms with Gasteiger partial charge in [-0.1, -0.05) is 0 Å². The van der Waals surface area contributed by atoms with Gasteiger partial charge in [-0.2, -0.15) is 0 Å². The van der Waals surface area contributed by atoms with Crippen LogP contribution in [0.4, 0.5) is 5.69 Å². The molecule has 0 N–H and O–H groups in total. The molecule has 0 atom stereocenters. The molecule has 1 aromatic carbocycles. The molecule has 0 saturated carbocycles. The van der Waals surface area contributed by atoms with Crippen molar-refractivity contribution in [2.24, 2.45) is 0 Å². The van der Waals surface area contributed by atoms with Gasteiger partial charge in [0.2, 0.25) is 0 Å². The summed E-state index contributed by atoms with van der Waals surface area (Å²) in [5.41, 5.74) is 0.155. The lowest BCUT2D eigenvalue weighted by Gasteiger charge is -2.09. The number of hydrogen-bond acceptors (Lipinski definition) is 5. The van der Waals surface area contributed by atoms with E-state index < -0.39 is 4.92 Å². The van der Waals surface area contributed by atoms with Gasteiger partial charge in [-0.15, -0.1) is 0 Å². The maximum Gasteiger partial charge on any atom is 0.277 e. The number of nitro benzene ring substituents is 1. The van der Waals surface area contributed by atoms with Gasteiger partial charge in [0.15, 0.2) is 11.5 Å². The van der Waals surface area contributed by atoms with Gasteiger partial charge in [0, 0.05) is 12.0 Å². The number of methoxy groups -OCH3 is 2. The predicted octanol–water partition coefficient (Wildman–Crippen LogP) is 1.35. The van der Waals surface area contributed by atoms with Crippen molar-refractivity contribution in [2.45, 2.75) is 6.42 Å². The van der Waals surface area contributed by atoms with Crippen molar-refractivity contribution in [3.05, 3.63) is 27.8 Å². The fourth-order valence-corrected chi connectivity index (χ4v) is 1.33. The van der Waals surface area contributed by atoms with Crippen molar-refractivity contribution in [1.29, 1.82) is 0 Å². The highest BCUT2D eigenvalue weighted by Gasteiger charge is 2.18. The maximum atomic E-state index is 10.8. The van der Waals surface area contributed by atoms with Crippen molar-refractivity contribution in [3.8, 4) is 11.5 Å². The third-order valence-electron chi connectivity index (χ3n) is 2.08. The molecule has 0 amide bonds. The Bertz CT molecular complexity index is 416. The van der Waals surface area contributed by atoms with Gasteiger partial charge < -0.3 is 14.3 Å². The summed E-state index contributed by atoms with van der Waals surface area (Å²) in [7, 11) is 2.81. The maximum absolute atomic E-state index is 10.8. The second-order valence-corrected chi connectivity index (χ2v) is 2.96. The number of benzene rings is 1. The van der Waals surface area contributed by atoms with Crippen LogP contribution in [-0.2, 0) is 11.2 Å². The molecule has 0 aromatic heterocycles. The number of carbonyl (C=O) groups excluding carboxylic acids is 1. The quantitative estimate of drug-likeness (QED) is 0.429. The van der Waals surface area contributed by atoms with Crippen LogP contribution in [0.3, 0.4) is 0 Å². The van der Waals surface area contributed by atoms with E-state index in [-0.39, 0.29) is 17.9 Å². The lowest BCUT2D eigenvalue weighted by Crippen LogP contribution is -1.99. The molecule has 0 saturated heterocycles. The van der Waals surface area contributed by atoms with Gasteiger partial charge in [-0.3, -0.25) is 10.1 Å². The van der Waals surface area contributed by atoms with Crippen LogP contribution >= 0.6 is 0 Å². The number of ether oxygens (including phenoxy) is 2. The van der Waals surface area contributed by atoms with Crippen LogP contribution < -0.4 is 9.47 Å². The van der Waals surface area contributed by atoms with E-state index in [1.54, 1.807) is 0 Å². The third-order valence-corrected chi connectivity index (χ3v) is 2.08. The fraction of sp³-hybridized carbons (Fsp3) is 0.300. The summed E-state index contributed by atoms with van der Waals surface area (Å²) in [6, 6.07) is 2.68. The topological polar surface area (TPSA) is 78.7 Å². The SMILES string of the molecule is COc1cc(CC=O)c([N+](=O)[O-])cc1OC. The molecule has 0 fully saturated rings. The number of carbonyl (C=O) groups is 1. The van der Waals surface area contributed by atoms with Gasteiger partial charge >= 0.3 is 0 Å². The van der Waals surface area contributed by atoms with E-state index >= 15 is 0 Å². The minimum Gasteiger partial charge on any atom is -0.493 e. The van der Waals surface area contributed by atoms with Crippen molar-refractivity contribution in [1.82, 2.24) is 0 Å². The monoisotopic (exact) mass is 225 g/mol. The van der Waals surface area contributed by atoms with Crippen LogP contribution in [-0.4, -0.2) is 25.4 Å². The van der Waals surface area contributed by atoms with Gasteiger partial charge in [0.05, 0.1) is 25.2 Å². The summed E-state index contributed by atoms with van der Waals surface area (Å²) < 4.78 is 9.94. The first-order chi connectivity index (χ1) is 7.63. The van der Waals surface area contributed by atoms with E-state index in [9.17, 15) is 14.9 Å². The molecule has 16 heavy (non-hydrogen) atoms. The normalized spacial score (nSPS) is 9.62. The van der Waals surface area contributed by atoms with Gasteiger partial charge in [0.1, 0.15) is 6.29 Å². The lowest BCUT2D eigenvalue weighted by molar-refractivity contribution is -0.385. The molecule has 0 radical (unpaired) electrons. The van der Waals surface area contributed by atoms with E-state index in [2.05, 4.69) is 0 Å². The lowest BCUT2D eigenvalue weighted by atomic mass is 10.1. The number of aldehydes is 1. The van der Waals surface area contributed by atoms with E-state index in [4.69, 9.17) is 9.47 Å². The molecule has 0 aliphatic carbocycles. The number of nitrogens with zero attached hydrogens (tertiary/aromatic N) is 1. The molecule has 6 heteroatoms. The molecule has 0 bridgehead atoms. The standard InChI is InChI=1S/C10H11NO5/c1-15-9-5-7(3-4-12)8(11(13)14)6-10(9)16-2/h4-6H,3H2,1-2H3. The molecular formula is C10H11NO5. The summed E-state index contributed by atoms with van der Waals surface area (Å²) in [6.45, 7) is 0. The molecule has 0 spiro atoms. The first kappa shape index (κ1) is 12.0. The van der Waals surface area contributed by atoms with E-state index in [0.717, 1.165) is 0 Å². The smallest absolute Gasteiger partial charge is 0.277 e. The average Bonchev–Trinajstić information content (AvgIpc) is 2.28. The zero-order valence-corrected chi connectivity index (χ0v) is 8.93. The van der Waals surface area contributed by atoms with Gasteiger partial charge in [-0.05, 0) is 6.07 Å². The molecule has 1 aromatic rings. The highest BCUT2D eigenvalue weighted by atomic mass is 16.6. The highest BCUT2D eigenvalue weighted by Crippen LogP contribution is 2.34. The molecule has 1 rings (SSSR count). The molecular weight excluding hydrogens is 214 g/mol. The van der Waals surface area contributed by atoms with Crippen LogP contribution in [0.2, 0.25) is 0 Å². The van der Waals surface area contributed by atoms with Crippen molar-refractivity contribution >= 4 is 12.0 Å². The van der Waals surface area contributed by atoms with Crippen LogP contribution in [0.25, 0.3) is 0 Å². The second-order valence-electron chi connectivity index (χ2n) is 2.96. The number of rotatable bonds is 5. The van der Waals surface area contributed by atoms with Crippen molar-refractivity contribution in [3.63, 3.8) is 0 Å². The Morgan fingerprint density at radius 1 is 1.31 bits per heavy atom. The first-order valence-electron chi connectivity index (χ1n) is 4.47. The van der Waals surface area contributed by atoms with Crippen LogP contribution in [0.15, 0.2) is 12.1 Å². The van der Waals surface area contributed by atoms with E-state index in [1.807, 2.05) is 0 Å². The van der Waals surface area contributed by atoms with Crippen molar-refractivity contribution in [2.75, 3.05) is 14.2 Å². The predicted molar refractivity (Wildman–Crippen MR) is 56.0 cm³/mol. The first-order valence-corrected chi connectivity index (χ1v) is 4.47. The highest BCUT2D eigenvalue weighted by molar-refractivity contribution is 5.63. The summed E-state index contributed by atoms with van der Waals surface area (Å²) in [4.78, 5) is 20.6.